The first-order chi connectivity index (χ1) is 16.8. The van der Waals surface area contributed by atoms with Crippen molar-refractivity contribution in [2.24, 2.45) is 0 Å². The Morgan fingerprint density at radius 3 is 2.09 bits per heavy atom. The molecule has 0 aliphatic carbocycles. The molecule has 0 atom stereocenters. The van der Waals surface area contributed by atoms with E-state index in [-0.39, 0.29) is 0 Å². The number of nitrogens with zero attached hydrogens (tertiary/aromatic N) is 1. The van der Waals surface area contributed by atoms with E-state index in [2.05, 4.69) is 84.9 Å². The molecule has 0 spiro atoms. The van der Waals surface area contributed by atoms with Gasteiger partial charge in [-0.15, -0.1) is 11.3 Å². The largest absolute Gasteiger partial charge is 0.435 e. The van der Waals surface area contributed by atoms with E-state index in [1.165, 1.54) is 31.3 Å². The van der Waals surface area contributed by atoms with Crippen molar-refractivity contribution < 1.29 is 4.42 Å². The van der Waals surface area contributed by atoms with Crippen molar-refractivity contribution in [3.8, 4) is 33.7 Å². The molecule has 2 aromatic heterocycles. The molecular weight excluding hydrogens is 434 g/mol. The Morgan fingerprint density at radius 2 is 1.21 bits per heavy atom. The molecular formula is C31H19NOS. The van der Waals surface area contributed by atoms with Crippen LogP contribution in [-0.4, -0.2) is 4.98 Å². The highest BCUT2D eigenvalue weighted by Gasteiger charge is 2.14. The van der Waals surface area contributed by atoms with Crippen molar-refractivity contribution in [2.75, 3.05) is 0 Å². The number of oxazole rings is 1. The van der Waals surface area contributed by atoms with Crippen LogP contribution in [0.15, 0.2) is 120 Å². The summed E-state index contributed by atoms with van der Waals surface area (Å²) in [6, 6.07) is 40.2. The summed E-state index contributed by atoms with van der Waals surface area (Å²) >= 11 is 1.86. The van der Waals surface area contributed by atoms with Gasteiger partial charge < -0.3 is 4.42 Å². The van der Waals surface area contributed by atoms with Gasteiger partial charge in [-0.2, -0.15) is 0 Å². The normalized spacial score (nSPS) is 11.5. The van der Waals surface area contributed by atoms with Gasteiger partial charge >= 0.3 is 0 Å². The molecule has 0 saturated carbocycles. The summed E-state index contributed by atoms with van der Waals surface area (Å²) in [5.74, 6) is 0.644. The number of benzene rings is 5. The Bertz CT molecular complexity index is 1790. The van der Waals surface area contributed by atoms with E-state index in [4.69, 9.17) is 9.40 Å². The maximum absolute atomic E-state index is 6.29. The first-order valence-corrected chi connectivity index (χ1v) is 12.1. The molecule has 0 N–H and O–H groups in total. The van der Waals surface area contributed by atoms with Crippen LogP contribution in [0.3, 0.4) is 0 Å². The molecule has 2 nitrogen and oxygen atoms in total. The Balaban J connectivity index is 1.31. The van der Waals surface area contributed by atoms with Gasteiger partial charge in [0.2, 0.25) is 5.89 Å². The third kappa shape index (κ3) is 3.06. The fraction of sp³-hybridized carbons (Fsp3) is 0. The summed E-state index contributed by atoms with van der Waals surface area (Å²) in [7, 11) is 0. The van der Waals surface area contributed by atoms with Crippen LogP contribution in [0.25, 0.3) is 65.0 Å². The van der Waals surface area contributed by atoms with Gasteiger partial charge in [-0.25, -0.2) is 4.98 Å². The maximum atomic E-state index is 6.29. The van der Waals surface area contributed by atoms with Crippen molar-refractivity contribution in [1.29, 1.82) is 0 Å². The molecule has 0 aliphatic rings. The molecule has 7 aromatic rings. The van der Waals surface area contributed by atoms with E-state index in [1.807, 2.05) is 41.7 Å². The van der Waals surface area contributed by atoms with Gasteiger partial charge in [0.15, 0.2) is 5.58 Å². The van der Waals surface area contributed by atoms with E-state index in [0.29, 0.717) is 5.89 Å². The first-order valence-electron chi connectivity index (χ1n) is 11.3. The molecule has 2 heterocycles. The monoisotopic (exact) mass is 453 g/mol. The minimum absolute atomic E-state index is 0.644. The minimum atomic E-state index is 0.644. The molecule has 0 amide bonds. The van der Waals surface area contributed by atoms with Crippen molar-refractivity contribution in [3.63, 3.8) is 0 Å². The lowest BCUT2D eigenvalue weighted by Gasteiger charge is -2.05. The molecule has 3 heteroatoms. The van der Waals surface area contributed by atoms with Crippen LogP contribution in [0, 0.1) is 0 Å². The summed E-state index contributed by atoms with van der Waals surface area (Å²) in [6.07, 6.45) is 0. The summed E-state index contributed by atoms with van der Waals surface area (Å²) in [6.45, 7) is 0. The molecule has 0 unspecified atom stereocenters. The van der Waals surface area contributed by atoms with Crippen LogP contribution in [0.1, 0.15) is 0 Å². The summed E-state index contributed by atoms with van der Waals surface area (Å²) in [4.78, 5) is 4.79. The second kappa shape index (κ2) is 7.68. The Morgan fingerprint density at radius 1 is 0.529 bits per heavy atom. The van der Waals surface area contributed by atoms with Gasteiger partial charge in [0.05, 0.1) is 0 Å². The van der Waals surface area contributed by atoms with Gasteiger partial charge in [0, 0.05) is 31.3 Å². The molecule has 34 heavy (non-hydrogen) atoms. The zero-order valence-corrected chi connectivity index (χ0v) is 19.0. The fourth-order valence-electron chi connectivity index (χ4n) is 4.68. The molecule has 0 bridgehead atoms. The van der Waals surface area contributed by atoms with Gasteiger partial charge in [-0.3, -0.25) is 0 Å². The number of thiophene rings is 1. The average Bonchev–Trinajstić information content (AvgIpc) is 3.51. The third-order valence-electron chi connectivity index (χ3n) is 6.35. The summed E-state index contributed by atoms with van der Waals surface area (Å²) in [5, 5.41) is 2.64. The first kappa shape index (κ1) is 19.3. The van der Waals surface area contributed by atoms with Crippen LogP contribution in [0.5, 0.6) is 0 Å². The minimum Gasteiger partial charge on any atom is -0.435 e. The smallest absolute Gasteiger partial charge is 0.227 e. The van der Waals surface area contributed by atoms with Crippen LogP contribution in [0.4, 0.5) is 0 Å². The Hall–Kier alpha value is -4.21. The van der Waals surface area contributed by atoms with E-state index in [1.54, 1.807) is 0 Å². The quantitative estimate of drug-likeness (QED) is 0.266. The highest BCUT2D eigenvalue weighted by atomic mass is 32.1. The number of hydrogen-bond donors (Lipinski definition) is 0. The van der Waals surface area contributed by atoms with Gasteiger partial charge in [0.25, 0.3) is 0 Å². The number of aromatic nitrogens is 1. The van der Waals surface area contributed by atoms with Crippen LogP contribution in [-0.2, 0) is 0 Å². The molecule has 7 rings (SSSR count). The highest BCUT2D eigenvalue weighted by molar-refractivity contribution is 7.26. The van der Waals surface area contributed by atoms with Crippen LogP contribution in [0.2, 0.25) is 0 Å². The fourth-order valence-corrected chi connectivity index (χ4v) is 5.92. The summed E-state index contributed by atoms with van der Waals surface area (Å²) < 4.78 is 8.93. The molecule has 0 radical (unpaired) electrons. The van der Waals surface area contributed by atoms with Crippen molar-refractivity contribution in [1.82, 2.24) is 4.98 Å². The van der Waals surface area contributed by atoms with Crippen molar-refractivity contribution >= 4 is 42.6 Å². The zero-order chi connectivity index (χ0) is 22.5. The molecule has 5 aromatic carbocycles. The van der Waals surface area contributed by atoms with E-state index in [9.17, 15) is 0 Å². The van der Waals surface area contributed by atoms with E-state index >= 15 is 0 Å². The van der Waals surface area contributed by atoms with Gasteiger partial charge in [-0.05, 0) is 41.0 Å². The Kier molecular flexibility index (Phi) is 4.36. The molecule has 0 saturated heterocycles. The van der Waals surface area contributed by atoms with Crippen LogP contribution < -0.4 is 0 Å². The Labute approximate surface area is 200 Å². The van der Waals surface area contributed by atoms with Crippen LogP contribution >= 0.6 is 11.3 Å². The maximum Gasteiger partial charge on any atom is 0.227 e. The average molecular weight is 454 g/mol. The standard InChI is InChI=1S/C31H19NOS/c1-2-8-20(9-3-1)23-11-7-14-27-29(23)33-31(32-27)22-18-16-21(17-19-22)24-12-6-13-26-25-10-4-5-15-28(25)34-30(24)26/h1-19H. The number of para-hydroxylation sites is 1. The molecule has 0 aliphatic heterocycles. The summed E-state index contributed by atoms with van der Waals surface area (Å²) in [5.41, 5.74) is 7.31. The third-order valence-corrected chi connectivity index (χ3v) is 7.57. The lowest BCUT2D eigenvalue weighted by Crippen LogP contribution is -1.81. The SMILES string of the molecule is c1ccc(-c2cccc3nc(-c4ccc(-c5cccc6c5sc5ccccc56)cc4)oc23)cc1. The zero-order valence-electron chi connectivity index (χ0n) is 18.2. The molecule has 0 fully saturated rings. The van der Waals surface area contributed by atoms with Crippen molar-refractivity contribution in [2.45, 2.75) is 0 Å². The second-order valence-corrected chi connectivity index (χ2v) is 9.45. The predicted molar refractivity (Wildman–Crippen MR) is 143 cm³/mol. The number of rotatable bonds is 3. The lowest BCUT2D eigenvalue weighted by atomic mass is 10.0. The lowest BCUT2D eigenvalue weighted by molar-refractivity contribution is 0.621. The van der Waals surface area contributed by atoms with E-state index in [0.717, 1.165) is 27.8 Å². The van der Waals surface area contributed by atoms with Gasteiger partial charge in [0.1, 0.15) is 5.52 Å². The molecule has 160 valence electrons. The topological polar surface area (TPSA) is 26.0 Å². The number of hydrogen-bond acceptors (Lipinski definition) is 3. The highest BCUT2D eigenvalue weighted by Crippen LogP contribution is 2.40. The predicted octanol–water partition coefficient (Wildman–Crippen LogP) is 9.20. The van der Waals surface area contributed by atoms with Gasteiger partial charge in [-0.1, -0.05) is 91.0 Å². The number of fused-ring (bicyclic) bond motifs is 4. The van der Waals surface area contributed by atoms with E-state index < -0.39 is 0 Å². The second-order valence-electron chi connectivity index (χ2n) is 8.40. The van der Waals surface area contributed by atoms with Crippen molar-refractivity contribution in [3.05, 3.63) is 115 Å².